The smallest absolute Gasteiger partial charge is 0.314 e. The number of carbonyl (C=O) groups excluding carboxylic acids is 1. The minimum Gasteiger partial charge on any atom is -0.383 e. The Morgan fingerprint density at radius 1 is 1.47 bits per heavy atom. The van der Waals surface area contributed by atoms with Crippen LogP contribution in [0.3, 0.4) is 0 Å². The summed E-state index contributed by atoms with van der Waals surface area (Å²) in [7, 11) is 1.73. The molecule has 100 valence electrons. The molecule has 1 aliphatic heterocycles. The van der Waals surface area contributed by atoms with Gasteiger partial charge in [0.25, 0.3) is 0 Å². The molecule has 0 aromatic heterocycles. The number of methoxy groups -OCH3 is 1. The van der Waals surface area contributed by atoms with E-state index in [4.69, 9.17) is 10.5 Å². The predicted octanol–water partition coefficient (Wildman–Crippen LogP) is 0.790. The van der Waals surface area contributed by atoms with Gasteiger partial charge in [-0.25, -0.2) is 4.79 Å². The molecule has 1 aliphatic rings. The number of hydrogen-bond acceptors (Lipinski definition) is 3. The van der Waals surface area contributed by atoms with Crippen molar-refractivity contribution < 1.29 is 9.53 Å². The molecule has 1 atom stereocenters. The maximum atomic E-state index is 11.0. The van der Waals surface area contributed by atoms with Crippen LogP contribution in [-0.2, 0) is 4.74 Å². The Bertz CT molecular complexity index is 238. The van der Waals surface area contributed by atoms with Crippen LogP contribution in [0.25, 0.3) is 0 Å². The summed E-state index contributed by atoms with van der Waals surface area (Å²) in [6, 6.07) is 0.541. The third kappa shape index (κ3) is 4.52. The van der Waals surface area contributed by atoms with Crippen molar-refractivity contribution >= 4 is 6.03 Å². The second-order valence-electron chi connectivity index (χ2n) is 5.07. The number of carbonyl (C=O) groups is 1. The number of rotatable bonds is 5. The highest BCUT2D eigenvalue weighted by molar-refractivity contribution is 5.72. The van der Waals surface area contributed by atoms with Crippen LogP contribution in [0.15, 0.2) is 0 Å². The molecule has 0 aliphatic carbocycles. The zero-order chi connectivity index (χ0) is 12.8. The van der Waals surface area contributed by atoms with Gasteiger partial charge in [0.15, 0.2) is 0 Å². The van der Waals surface area contributed by atoms with Gasteiger partial charge in [0.1, 0.15) is 0 Å². The number of ether oxygens (including phenoxy) is 1. The van der Waals surface area contributed by atoms with Gasteiger partial charge in [0, 0.05) is 32.3 Å². The number of nitrogens with two attached hydrogens (primary N) is 1. The average molecular weight is 243 g/mol. The molecule has 1 fully saturated rings. The standard InChI is InChI=1S/C12H25N3O2/c1-9(2)11(8-17-3)14-10-4-6-15(7-5-10)12(13)16/h9-11,14H,4-8H2,1-3H3,(H2,13,16). The van der Waals surface area contributed by atoms with Crippen molar-refractivity contribution in [1.29, 1.82) is 0 Å². The molecule has 2 amide bonds. The Labute approximate surface area is 104 Å². The molecular weight excluding hydrogens is 218 g/mol. The number of piperidine rings is 1. The molecule has 1 rings (SSSR count). The van der Waals surface area contributed by atoms with Crippen LogP contribution in [0.1, 0.15) is 26.7 Å². The highest BCUT2D eigenvalue weighted by Crippen LogP contribution is 2.13. The number of primary amides is 1. The first kappa shape index (κ1) is 14.3. The van der Waals surface area contributed by atoms with Crippen molar-refractivity contribution in [2.45, 2.75) is 38.8 Å². The molecule has 0 aromatic rings. The molecule has 1 heterocycles. The molecule has 0 spiro atoms. The quantitative estimate of drug-likeness (QED) is 0.750. The summed E-state index contributed by atoms with van der Waals surface area (Å²) in [5.74, 6) is 0.545. The summed E-state index contributed by atoms with van der Waals surface area (Å²) in [5.41, 5.74) is 5.26. The zero-order valence-electron chi connectivity index (χ0n) is 11.1. The predicted molar refractivity (Wildman–Crippen MR) is 67.8 cm³/mol. The molecule has 17 heavy (non-hydrogen) atoms. The van der Waals surface area contributed by atoms with E-state index in [1.54, 1.807) is 12.0 Å². The first-order valence-corrected chi connectivity index (χ1v) is 6.34. The number of nitrogens with one attached hydrogen (secondary N) is 1. The molecule has 0 aromatic carbocycles. The third-order valence-corrected chi connectivity index (χ3v) is 3.41. The highest BCUT2D eigenvalue weighted by atomic mass is 16.5. The Morgan fingerprint density at radius 2 is 2.06 bits per heavy atom. The van der Waals surface area contributed by atoms with Crippen molar-refractivity contribution in [2.75, 3.05) is 26.8 Å². The summed E-state index contributed by atoms with van der Waals surface area (Å²) in [6.45, 7) is 6.62. The maximum Gasteiger partial charge on any atom is 0.314 e. The van der Waals surface area contributed by atoms with E-state index >= 15 is 0 Å². The van der Waals surface area contributed by atoms with Crippen LogP contribution in [0.5, 0.6) is 0 Å². The van der Waals surface area contributed by atoms with E-state index in [2.05, 4.69) is 19.2 Å². The lowest BCUT2D eigenvalue weighted by atomic mass is 10.00. The molecule has 3 N–H and O–H groups in total. The summed E-state index contributed by atoms with van der Waals surface area (Å²) in [6.07, 6.45) is 1.94. The van der Waals surface area contributed by atoms with E-state index in [-0.39, 0.29) is 6.03 Å². The topological polar surface area (TPSA) is 67.6 Å². The van der Waals surface area contributed by atoms with Crippen LogP contribution < -0.4 is 11.1 Å². The average Bonchev–Trinajstić information content (AvgIpc) is 2.29. The molecule has 0 saturated carbocycles. The highest BCUT2D eigenvalue weighted by Gasteiger charge is 2.24. The normalized spacial score (nSPS) is 19.6. The second-order valence-corrected chi connectivity index (χ2v) is 5.07. The second kappa shape index (κ2) is 6.81. The van der Waals surface area contributed by atoms with Gasteiger partial charge in [0.2, 0.25) is 0 Å². The first-order chi connectivity index (χ1) is 8.04. The number of hydrogen-bond donors (Lipinski definition) is 2. The number of amides is 2. The van der Waals surface area contributed by atoms with Crippen molar-refractivity contribution in [3.05, 3.63) is 0 Å². The van der Waals surface area contributed by atoms with Gasteiger partial charge in [-0.1, -0.05) is 13.8 Å². The van der Waals surface area contributed by atoms with Crippen molar-refractivity contribution in [3.8, 4) is 0 Å². The zero-order valence-corrected chi connectivity index (χ0v) is 11.1. The maximum absolute atomic E-state index is 11.0. The van der Waals surface area contributed by atoms with E-state index in [1.165, 1.54) is 0 Å². The summed E-state index contributed by atoms with van der Waals surface area (Å²) in [4.78, 5) is 12.7. The minimum absolute atomic E-state index is 0.305. The molecule has 1 unspecified atom stereocenters. The van der Waals surface area contributed by atoms with E-state index in [0.29, 0.717) is 18.0 Å². The van der Waals surface area contributed by atoms with Gasteiger partial charge >= 0.3 is 6.03 Å². The van der Waals surface area contributed by atoms with Gasteiger partial charge in [-0.15, -0.1) is 0 Å². The fourth-order valence-corrected chi connectivity index (χ4v) is 2.18. The van der Waals surface area contributed by atoms with Crippen LogP contribution in [0.2, 0.25) is 0 Å². The van der Waals surface area contributed by atoms with Gasteiger partial charge < -0.3 is 20.7 Å². The van der Waals surface area contributed by atoms with Gasteiger partial charge in [0.05, 0.1) is 6.61 Å². The van der Waals surface area contributed by atoms with Crippen LogP contribution in [-0.4, -0.2) is 49.8 Å². The van der Waals surface area contributed by atoms with Gasteiger partial charge in [-0.3, -0.25) is 0 Å². The number of nitrogens with zero attached hydrogens (tertiary/aromatic N) is 1. The number of urea groups is 1. The van der Waals surface area contributed by atoms with Gasteiger partial charge in [-0.2, -0.15) is 0 Å². The molecule has 0 radical (unpaired) electrons. The van der Waals surface area contributed by atoms with E-state index in [0.717, 1.165) is 32.5 Å². The lowest BCUT2D eigenvalue weighted by Gasteiger charge is -2.34. The molecular formula is C12H25N3O2. The Morgan fingerprint density at radius 3 is 2.47 bits per heavy atom. The van der Waals surface area contributed by atoms with Crippen LogP contribution in [0.4, 0.5) is 4.79 Å². The van der Waals surface area contributed by atoms with Crippen molar-refractivity contribution in [1.82, 2.24) is 10.2 Å². The summed E-state index contributed by atoms with van der Waals surface area (Å²) in [5, 5.41) is 3.61. The van der Waals surface area contributed by atoms with Crippen LogP contribution >= 0.6 is 0 Å². The summed E-state index contributed by atoms with van der Waals surface area (Å²) < 4.78 is 5.22. The van der Waals surface area contributed by atoms with Gasteiger partial charge in [-0.05, 0) is 18.8 Å². The van der Waals surface area contributed by atoms with E-state index < -0.39 is 0 Å². The fraction of sp³-hybridized carbons (Fsp3) is 0.917. The molecule has 1 saturated heterocycles. The fourth-order valence-electron chi connectivity index (χ4n) is 2.18. The monoisotopic (exact) mass is 243 g/mol. The molecule has 5 nitrogen and oxygen atoms in total. The number of likely N-dealkylation sites (tertiary alicyclic amines) is 1. The lowest BCUT2D eigenvalue weighted by Crippen LogP contribution is -2.51. The summed E-state index contributed by atoms with van der Waals surface area (Å²) >= 11 is 0. The van der Waals surface area contributed by atoms with E-state index in [1.807, 2.05) is 0 Å². The van der Waals surface area contributed by atoms with E-state index in [9.17, 15) is 4.79 Å². The SMILES string of the molecule is COCC(NC1CCN(C(N)=O)CC1)C(C)C. The first-order valence-electron chi connectivity index (χ1n) is 6.34. The van der Waals surface area contributed by atoms with Crippen molar-refractivity contribution in [3.63, 3.8) is 0 Å². The van der Waals surface area contributed by atoms with Crippen LogP contribution in [0, 0.1) is 5.92 Å². The molecule has 0 bridgehead atoms. The largest absolute Gasteiger partial charge is 0.383 e. The minimum atomic E-state index is -0.305. The Balaban J connectivity index is 2.35. The Kier molecular flexibility index (Phi) is 5.71. The lowest BCUT2D eigenvalue weighted by molar-refractivity contribution is 0.127. The molecule has 5 heteroatoms. The third-order valence-electron chi connectivity index (χ3n) is 3.41. The Hall–Kier alpha value is -0.810. The van der Waals surface area contributed by atoms with Crippen molar-refractivity contribution in [2.24, 2.45) is 11.7 Å².